The Balaban J connectivity index is 2.37. The minimum atomic E-state index is -3.32. The van der Waals surface area contributed by atoms with Crippen molar-refractivity contribution in [3.8, 4) is 6.19 Å². The smallest absolute Gasteiger partial charge is 0.210 e. The number of unbranched alkanes of at least 4 members (excludes halogenated alkanes) is 1. The van der Waals surface area contributed by atoms with Gasteiger partial charge in [-0.25, -0.2) is 18.4 Å². The van der Waals surface area contributed by atoms with Crippen LogP contribution in [0.25, 0.3) is 10.2 Å². The number of aromatic nitrogens is 1. The first-order valence-corrected chi connectivity index (χ1v) is 10.6. The van der Waals surface area contributed by atoms with Crippen LogP contribution in [-0.2, 0) is 9.84 Å². The molecule has 122 valence electrons. The van der Waals surface area contributed by atoms with Crippen molar-refractivity contribution in [2.45, 2.75) is 24.1 Å². The van der Waals surface area contributed by atoms with Gasteiger partial charge in [0.15, 0.2) is 11.4 Å². The average molecular weight is 369 g/mol. The highest BCUT2D eigenvalue weighted by Gasteiger charge is 2.19. The summed E-state index contributed by atoms with van der Waals surface area (Å²) in [4.78, 5) is 8.54. The molecule has 1 N–H and O–H groups in total. The van der Waals surface area contributed by atoms with E-state index in [-0.39, 0.29) is 10.1 Å². The highest BCUT2D eigenvalue weighted by Crippen LogP contribution is 2.30. The van der Waals surface area contributed by atoms with Crippen molar-refractivity contribution >= 4 is 54.0 Å². The van der Waals surface area contributed by atoms with Gasteiger partial charge in [-0.15, -0.1) is 11.3 Å². The van der Waals surface area contributed by atoms with E-state index in [4.69, 9.17) is 5.26 Å². The molecule has 2 rings (SSSR count). The van der Waals surface area contributed by atoms with E-state index < -0.39 is 9.84 Å². The van der Waals surface area contributed by atoms with Crippen molar-refractivity contribution in [2.75, 3.05) is 12.0 Å². The maximum atomic E-state index is 12.2. The number of rotatable bonds is 5. The Kier molecular flexibility index (Phi) is 5.98. The zero-order valence-corrected chi connectivity index (χ0v) is 15.2. The Bertz CT molecular complexity index is 866. The summed E-state index contributed by atoms with van der Waals surface area (Å²) < 4.78 is 25.4. The zero-order valence-electron chi connectivity index (χ0n) is 12.7. The summed E-state index contributed by atoms with van der Waals surface area (Å²) in [5, 5.41) is 11.6. The number of hydrogen-bond acceptors (Lipinski definition) is 7. The highest BCUT2D eigenvalue weighted by atomic mass is 32.2. The predicted molar refractivity (Wildman–Crippen MR) is 95.9 cm³/mol. The van der Waals surface area contributed by atoms with Crippen LogP contribution in [0.1, 0.15) is 19.8 Å². The van der Waals surface area contributed by atoms with Gasteiger partial charge in [0.05, 0.1) is 21.7 Å². The minimum Gasteiger partial charge on any atom is -0.271 e. The van der Waals surface area contributed by atoms with Crippen LogP contribution in [0.3, 0.4) is 0 Å². The number of nitrogens with zero attached hydrogens (tertiary/aromatic N) is 3. The molecular formula is C14H16N4O2S3. The Labute approximate surface area is 143 Å². The van der Waals surface area contributed by atoms with Crippen LogP contribution in [0.5, 0.6) is 0 Å². The molecule has 1 aromatic heterocycles. The molecular weight excluding hydrogens is 352 g/mol. The lowest BCUT2D eigenvalue weighted by atomic mass is 10.3. The van der Waals surface area contributed by atoms with Crippen LogP contribution in [-0.4, -0.2) is 30.6 Å². The van der Waals surface area contributed by atoms with Crippen LogP contribution in [0.2, 0.25) is 0 Å². The number of aliphatic imine (C=N–C) groups is 1. The van der Waals surface area contributed by atoms with Gasteiger partial charge in [-0.2, -0.15) is 5.26 Å². The third-order valence-electron chi connectivity index (χ3n) is 2.97. The fourth-order valence-corrected chi connectivity index (χ4v) is 4.99. The summed E-state index contributed by atoms with van der Waals surface area (Å²) in [5.74, 6) is 0.122. The topological polar surface area (TPSA) is 95.2 Å². The maximum absolute atomic E-state index is 12.2. The van der Waals surface area contributed by atoms with Crippen LogP contribution >= 0.6 is 23.1 Å². The number of hydrogen-bond donors (Lipinski definition) is 1. The normalized spacial score (nSPS) is 12.3. The zero-order chi connectivity index (χ0) is 16.9. The van der Waals surface area contributed by atoms with Crippen molar-refractivity contribution in [1.82, 2.24) is 10.3 Å². The largest absolute Gasteiger partial charge is 0.271 e. The molecule has 1 aromatic carbocycles. The second-order valence-corrected chi connectivity index (χ2v) is 8.77. The van der Waals surface area contributed by atoms with Crippen LogP contribution in [0.15, 0.2) is 27.5 Å². The Morgan fingerprint density at radius 3 is 2.96 bits per heavy atom. The molecule has 23 heavy (non-hydrogen) atoms. The molecule has 0 saturated carbocycles. The Morgan fingerprint density at radius 1 is 1.52 bits per heavy atom. The van der Waals surface area contributed by atoms with Gasteiger partial charge in [-0.05, 0) is 30.9 Å². The van der Waals surface area contributed by atoms with Crippen LogP contribution in [0, 0.1) is 11.5 Å². The number of thiazole rings is 1. The van der Waals surface area contributed by atoms with Crippen molar-refractivity contribution in [3.63, 3.8) is 0 Å². The maximum Gasteiger partial charge on any atom is 0.210 e. The molecule has 0 aliphatic carbocycles. The second kappa shape index (κ2) is 7.77. The lowest BCUT2D eigenvalue weighted by Gasteiger charge is -1.99. The molecule has 6 nitrogen and oxygen atoms in total. The number of sulfone groups is 1. The lowest BCUT2D eigenvalue weighted by molar-refractivity contribution is 0.592. The van der Waals surface area contributed by atoms with Crippen molar-refractivity contribution in [1.29, 1.82) is 5.26 Å². The van der Waals surface area contributed by atoms with E-state index in [1.165, 1.54) is 11.8 Å². The molecule has 0 saturated heterocycles. The Morgan fingerprint density at radius 2 is 2.30 bits per heavy atom. The van der Waals surface area contributed by atoms with Crippen LogP contribution < -0.4 is 5.32 Å². The summed E-state index contributed by atoms with van der Waals surface area (Å²) in [6, 6.07) is 5.27. The first-order valence-electron chi connectivity index (χ1n) is 6.91. The third kappa shape index (κ3) is 4.43. The van der Waals surface area contributed by atoms with E-state index in [1.54, 1.807) is 18.2 Å². The number of benzene rings is 1. The first-order chi connectivity index (χ1) is 11.0. The number of amidine groups is 1. The molecule has 0 radical (unpaired) electrons. The summed E-state index contributed by atoms with van der Waals surface area (Å²) >= 11 is 2.48. The van der Waals surface area contributed by atoms with Gasteiger partial charge in [0.1, 0.15) is 0 Å². The quantitative estimate of drug-likeness (QED) is 0.376. The number of nitriles is 1. The SMILES string of the molecule is CCCCS(=O)(=O)c1nc2ccc(N=C(NC#N)SC)cc2s1. The van der Waals surface area contributed by atoms with Gasteiger partial charge in [0.2, 0.25) is 14.2 Å². The average Bonchev–Trinajstić information content (AvgIpc) is 2.96. The lowest BCUT2D eigenvalue weighted by Crippen LogP contribution is -2.12. The van der Waals surface area contributed by atoms with Gasteiger partial charge in [0.25, 0.3) is 0 Å². The monoisotopic (exact) mass is 368 g/mol. The van der Waals surface area contributed by atoms with E-state index in [0.717, 1.165) is 22.5 Å². The minimum absolute atomic E-state index is 0.122. The van der Waals surface area contributed by atoms with Gasteiger partial charge < -0.3 is 0 Å². The molecule has 0 fully saturated rings. The molecule has 9 heteroatoms. The summed E-state index contributed by atoms with van der Waals surface area (Å²) in [6.45, 7) is 1.96. The van der Waals surface area contributed by atoms with Crippen molar-refractivity contribution in [3.05, 3.63) is 18.2 Å². The molecule has 0 amide bonds. The van der Waals surface area contributed by atoms with E-state index in [9.17, 15) is 8.42 Å². The molecule has 2 aromatic rings. The number of nitrogens with one attached hydrogen (secondary N) is 1. The summed E-state index contributed by atoms with van der Waals surface area (Å²) in [7, 11) is -3.32. The fourth-order valence-electron chi connectivity index (χ4n) is 1.81. The molecule has 1 heterocycles. The van der Waals surface area contributed by atoms with Crippen molar-refractivity contribution in [2.24, 2.45) is 4.99 Å². The first kappa shape index (κ1) is 17.7. The standard InChI is InChI=1S/C14H16N4O2S3/c1-3-4-7-23(19,20)14-18-11-6-5-10(8-12(11)22-14)17-13(21-2)16-9-15/h5-6,8H,3-4,7H2,1-2H3,(H,16,17). The highest BCUT2D eigenvalue weighted by molar-refractivity contribution is 8.13. The molecule has 0 aliphatic heterocycles. The Hall–Kier alpha value is -1.63. The number of thioether (sulfide) groups is 1. The number of fused-ring (bicyclic) bond motifs is 1. The van der Waals surface area contributed by atoms with Gasteiger partial charge in [-0.1, -0.05) is 25.1 Å². The van der Waals surface area contributed by atoms with Crippen molar-refractivity contribution < 1.29 is 8.42 Å². The molecule has 0 bridgehead atoms. The van der Waals surface area contributed by atoms with E-state index in [1.807, 2.05) is 19.4 Å². The van der Waals surface area contributed by atoms with Gasteiger partial charge >= 0.3 is 0 Å². The van der Waals surface area contributed by atoms with Crippen LogP contribution in [0.4, 0.5) is 5.69 Å². The fraction of sp³-hybridized carbons (Fsp3) is 0.357. The third-order valence-corrected chi connectivity index (χ3v) is 6.83. The van der Waals surface area contributed by atoms with Gasteiger partial charge in [0, 0.05) is 0 Å². The molecule has 0 spiro atoms. The predicted octanol–water partition coefficient (Wildman–Crippen LogP) is 3.29. The molecule has 0 atom stereocenters. The van der Waals surface area contributed by atoms with E-state index in [0.29, 0.717) is 22.8 Å². The molecule has 0 unspecified atom stereocenters. The summed E-state index contributed by atoms with van der Waals surface area (Å²) in [5.41, 5.74) is 1.29. The van der Waals surface area contributed by atoms with Gasteiger partial charge in [-0.3, -0.25) is 5.32 Å². The molecule has 0 aliphatic rings. The van der Waals surface area contributed by atoms with E-state index >= 15 is 0 Å². The summed E-state index contributed by atoms with van der Waals surface area (Å²) in [6.07, 6.45) is 5.10. The van der Waals surface area contributed by atoms with E-state index in [2.05, 4.69) is 15.3 Å². The second-order valence-electron chi connectivity index (χ2n) is 4.66.